The van der Waals surface area contributed by atoms with E-state index in [1.54, 1.807) is 68.4 Å². The maximum atomic E-state index is 10.9. The summed E-state index contributed by atoms with van der Waals surface area (Å²) in [5, 5.41) is 10.9. The Bertz CT molecular complexity index is 570. The highest BCUT2D eigenvalue weighted by molar-refractivity contribution is 8.21. The van der Waals surface area contributed by atoms with Crippen LogP contribution in [0.4, 0.5) is 0 Å². The van der Waals surface area contributed by atoms with Crippen LogP contribution in [0.1, 0.15) is 12.8 Å². The number of hydrogen-bond donors (Lipinski definition) is 1. The summed E-state index contributed by atoms with van der Waals surface area (Å²) in [4.78, 5) is 4.23. The number of phenolic OH excluding ortho intramolecular Hbond substituents is 1. The molecule has 0 amide bonds. The number of benzene rings is 1. The third-order valence-electron chi connectivity index (χ3n) is 3.73. The second kappa shape index (κ2) is 10.6. The molecule has 1 atom stereocenters. The van der Waals surface area contributed by atoms with Crippen LogP contribution in [-0.2, 0) is 14.2 Å². The molecule has 1 heterocycles. The molecular weight excluding hydrogens is 396 g/mol. The molecule has 1 aromatic rings. The third kappa shape index (κ3) is 5.40. The molecule has 1 aliphatic heterocycles. The Morgan fingerprint density at radius 2 is 1.88 bits per heavy atom. The van der Waals surface area contributed by atoms with E-state index >= 15 is 0 Å². The molecule has 4 nitrogen and oxygen atoms in total. The maximum Gasteiger partial charge on any atom is 0.145 e. The lowest BCUT2D eigenvalue weighted by Crippen LogP contribution is -2.25. The zero-order chi connectivity index (χ0) is 18.3. The summed E-state index contributed by atoms with van der Waals surface area (Å²) in [6.07, 6.45) is 3.89. The SMILES string of the molecule is COCCCSc1c(SC)cc2c(c1O)SC(CCOC)(COC)S2. The topological polar surface area (TPSA) is 47.9 Å². The van der Waals surface area contributed by atoms with Crippen LogP contribution >= 0.6 is 47.0 Å². The number of fused-ring (bicyclic) bond motifs is 1. The molecule has 0 saturated carbocycles. The van der Waals surface area contributed by atoms with Gasteiger partial charge >= 0.3 is 0 Å². The highest BCUT2D eigenvalue weighted by atomic mass is 32.2. The van der Waals surface area contributed by atoms with Crippen molar-refractivity contribution >= 4 is 47.0 Å². The van der Waals surface area contributed by atoms with E-state index in [1.165, 1.54) is 0 Å². The fraction of sp³-hybridized carbons (Fsp3) is 0.647. The monoisotopic (exact) mass is 422 g/mol. The van der Waals surface area contributed by atoms with Gasteiger partial charge < -0.3 is 19.3 Å². The quantitative estimate of drug-likeness (QED) is 0.402. The first-order valence-corrected chi connectivity index (χ1v) is 11.9. The van der Waals surface area contributed by atoms with Crippen LogP contribution in [0.15, 0.2) is 25.6 Å². The molecule has 0 spiro atoms. The Labute approximate surface area is 167 Å². The van der Waals surface area contributed by atoms with Gasteiger partial charge in [-0.15, -0.1) is 47.0 Å². The summed E-state index contributed by atoms with van der Waals surface area (Å²) in [6, 6.07) is 2.21. The van der Waals surface area contributed by atoms with Gasteiger partial charge in [0.15, 0.2) is 0 Å². The molecule has 0 radical (unpaired) electrons. The van der Waals surface area contributed by atoms with Crippen molar-refractivity contribution in [2.45, 2.75) is 36.5 Å². The highest BCUT2D eigenvalue weighted by Gasteiger charge is 2.41. The first-order chi connectivity index (χ1) is 12.1. The molecule has 1 aliphatic rings. The van der Waals surface area contributed by atoms with Gasteiger partial charge in [-0.3, -0.25) is 0 Å². The van der Waals surface area contributed by atoms with Crippen LogP contribution in [-0.4, -0.2) is 62.3 Å². The summed E-state index contributed by atoms with van der Waals surface area (Å²) in [5.74, 6) is 1.34. The van der Waals surface area contributed by atoms with E-state index < -0.39 is 0 Å². The first kappa shape index (κ1) is 21.6. The van der Waals surface area contributed by atoms with Gasteiger partial charge in [0.2, 0.25) is 0 Å². The molecule has 0 bridgehead atoms. The van der Waals surface area contributed by atoms with Gasteiger partial charge in [-0.05, 0) is 25.2 Å². The van der Waals surface area contributed by atoms with Crippen LogP contribution < -0.4 is 0 Å². The molecule has 1 aromatic carbocycles. The van der Waals surface area contributed by atoms with Crippen LogP contribution in [0.25, 0.3) is 0 Å². The molecule has 0 aliphatic carbocycles. The van der Waals surface area contributed by atoms with Crippen molar-refractivity contribution < 1.29 is 19.3 Å². The number of hydrogen-bond acceptors (Lipinski definition) is 8. The summed E-state index contributed by atoms with van der Waals surface area (Å²) in [5.41, 5.74) is 0. The Hall–Kier alpha value is 0.300. The van der Waals surface area contributed by atoms with E-state index in [9.17, 15) is 5.11 Å². The second-order valence-electron chi connectivity index (χ2n) is 5.57. The lowest BCUT2D eigenvalue weighted by Gasteiger charge is -2.25. The van der Waals surface area contributed by atoms with E-state index in [0.29, 0.717) is 19.0 Å². The van der Waals surface area contributed by atoms with Crippen molar-refractivity contribution in [1.29, 1.82) is 0 Å². The van der Waals surface area contributed by atoms with Crippen LogP contribution in [0.2, 0.25) is 0 Å². The number of phenols is 1. The largest absolute Gasteiger partial charge is 0.506 e. The molecular formula is C17H26O4S4. The number of thioether (sulfide) groups is 4. The number of methoxy groups -OCH3 is 3. The van der Waals surface area contributed by atoms with Crippen LogP contribution in [0.5, 0.6) is 5.75 Å². The first-order valence-electron chi connectivity index (χ1n) is 8.02. The molecule has 2 rings (SSSR count). The maximum absolute atomic E-state index is 10.9. The van der Waals surface area contributed by atoms with Crippen molar-refractivity contribution in [3.63, 3.8) is 0 Å². The fourth-order valence-corrected chi connectivity index (χ4v) is 7.70. The molecule has 25 heavy (non-hydrogen) atoms. The van der Waals surface area contributed by atoms with Gasteiger partial charge in [0.1, 0.15) is 5.75 Å². The average molecular weight is 423 g/mol. The molecule has 1 unspecified atom stereocenters. The standard InChI is InChI=1S/C17H26O4S4/c1-19-7-5-9-23-15-12(22-4)10-13-16(14(15)18)25-17(24-13,11-21-3)6-8-20-2/h10,18H,5-9,11H2,1-4H3. The second-order valence-corrected chi connectivity index (χ2v) is 10.6. The van der Waals surface area contributed by atoms with E-state index in [-0.39, 0.29) is 4.08 Å². The van der Waals surface area contributed by atoms with Crippen molar-refractivity contribution in [2.75, 3.05) is 53.2 Å². The number of aromatic hydroxyl groups is 1. The minimum absolute atomic E-state index is 0.139. The smallest absolute Gasteiger partial charge is 0.145 e. The fourth-order valence-electron chi connectivity index (χ4n) is 2.55. The van der Waals surface area contributed by atoms with E-state index in [1.807, 2.05) is 0 Å². The van der Waals surface area contributed by atoms with Gasteiger partial charge in [-0.2, -0.15) is 0 Å². The predicted molar refractivity (Wildman–Crippen MR) is 110 cm³/mol. The Kier molecular flexibility index (Phi) is 9.15. The summed E-state index contributed by atoms with van der Waals surface area (Å²) >= 11 is 6.89. The minimum atomic E-state index is -0.139. The van der Waals surface area contributed by atoms with Crippen LogP contribution in [0, 0.1) is 0 Å². The van der Waals surface area contributed by atoms with E-state index in [0.717, 1.165) is 44.8 Å². The summed E-state index contributed by atoms with van der Waals surface area (Å²) < 4.78 is 15.7. The average Bonchev–Trinajstić information content (AvgIpc) is 2.97. The molecule has 0 fully saturated rings. The normalized spacial score (nSPS) is 19.4. The Morgan fingerprint density at radius 3 is 2.52 bits per heavy atom. The van der Waals surface area contributed by atoms with Gasteiger partial charge in [-0.25, -0.2) is 0 Å². The molecule has 142 valence electrons. The van der Waals surface area contributed by atoms with Crippen molar-refractivity contribution in [2.24, 2.45) is 0 Å². The van der Waals surface area contributed by atoms with Gasteiger partial charge in [0.05, 0.1) is 20.5 Å². The molecule has 0 aromatic heterocycles. The van der Waals surface area contributed by atoms with Gasteiger partial charge in [0, 0.05) is 50.1 Å². The highest BCUT2D eigenvalue weighted by Crippen LogP contribution is 2.62. The summed E-state index contributed by atoms with van der Waals surface area (Å²) in [6.45, 7) is 2.03. The van der Waals surface area contributed by atoms with E-state index in [2.05, 4.69) is 12.3 Å². The lowest BCUT2D eigenvalue weighted by atomic mass is 10.3. The van der Waals surface area contributed by atoms with Crippen molar-refractivity contribution in [1.82, 2.24) is 0 Å². The Balaban J connectivity index is 2.25. The molecule has 8 heteroatoms. The number of ether oxygens (including phenoxy) is 3. The zero-order valence-electron chi connectivity index (χ0n) is 15.1. The third-order valence-corrected chi connectivity index (χ3v) is 9.00. The number of rotatable bonds is 11. The minimum Gasteiger partial charge on any atom is -0.506 e. The predicted octanol–water partition coefficient (Wildman–Crippen LogP) is 4.82. The molecule has 0 saturated heterocycles. The summed E-state index contributed by atoms with van der Waals surface area (Å²) in [7, 11) is 5.16. The molecule has 1 N–H and O–H groups in total. The van der Waals surface area contributed by atoms with Gasteiger partial charge in [-0.1, -0.05) is 0 Å². The van der Waals surface area contributed by atoms with Crippen molar-refractivity contribution in [3.05, 3.63) is 6.07 Å². The van der Waals surface area contributed by atoms with Crippen molar-refractivity contribution in [3.8, 4) is 5.75 Å². The van der Waals surface area contributed by atoms with E-state index in [4.69, 9.17) is 14.2 Å². The zero-order valence-corrected chi connectivity index (χ0v) is 18.4. The van der Waals surface area contributed by atoms with Crippen LogP contribution in [0.3, 0.4) is 0 Å². The lowest BCUT2D eigenvalue weighted by molar-refractivity contribution is 0.157. The van der Waals surface area contributed by atoms with Gasteiger partial charge in [0.25, 0.3) is 0 Å². The Morgan fingerprint density at radius 1 is 1.12 bits per heavy atom.